The van der Waals surface area contributed by atoms with Crippen LogP contribution in [-0.4, -0.2) is 10.8 Å². The molecule has 1 aromatic carbocycles. The lowest BCUT2D eigenvalue weighted by atomic mass is 10.1. The van der Waals surface area contributed by atoms with Crippen molar-refractivity contribution in [1.29, 1.82) is 0 Å². The number of Topliss-reactive ketones (excluding diaryl/α,β-unsaturated/α-hetero) is 1. The molecule has 2 rings (SSSR count). The summed E-state index contributed by atoms with van der Waals surface area (Å²) in [5.41, 5.74) is 1.85. The van der Waals surface area contributed by atoms with Crippen LogP contribution in [0.2, 0.25) is 0 Å². The highest BCUT2D eigenvalue weighted by Crippen LogP contribution is 2.03. The van der Waals surface area contributed by atoms with Crippen molar-refractivity contribution in [2.45, 2.75) is 26.8 Å². The van der Waals surface area contributed by atoms with Gasteiger partial charge in [-0.05, 0) is 5.92 Å². The summed E-state index contributed by atoms with van der Waals surface area (Å²) in [6.07, 6.45) is 6.37. The Hall–Kier alpha value is -2.03. The molecule has 0 bridgehead atoms. The number of hydrogen-bond acceptors (Lipinski definition) is 2. The minimum atomic E-state index is 0.127. The Morgan fingerprint density at radius 1 is 1.26 bits per heavy atom. The van der Waals surface area contributed by atoms with Gasteiger partial charge in [-0.25, -0.2) is 0 Å². The first-order valence-corrected chi connectivity index (χ1v) is 6.57. The van der Waals surface area contributed by atoms with Crippen LogP contribution in [0.5, 0.6) is 0 Å². The summed E-state index contributed by atoms with van der Waals surface area (Å²) in [6, 6.07) is 9.40. The molecule has 0 aliphatic rings. The molecule has 0 saturated carbocycles. The predicted octanol–water partition coefficient (Wildman–Crippen LogP) is 2.45. The molecule has 0 spiro atoms. The highest BCUT2D eigenvalue weighted by atomic mass is 16.1. The molecule has 0 amide bonds. The van der Waals surface area contributed by atoms with E-state index in [1.165, 1.54) is 0 Å². The molecule has 0 atom stereocenters. The third-order valence-electron chi connectivity index (χ3n) is 2.95. The van der Waals surface area contributed by atoms with Crippen LogP contribution in [-0.2, 0) is 13.0 Å². The monoisotopic (exact) mass is 255 g/mol. The smallest absolute Gasteiger partial charge is 0.227 e. The number of aromatic nitrogens is 2. The molecule has 0 aliphatic heterocycles. The van der Waals surface area contributed by atoms with Crippen LogP contribution in [0.15, 0.2) is 48.9 Å². The van der Waals surface area contributed by atoms with Gasteiger partial charge in [0.1, 0.15) is 0 Å². The minimum Gasteiger partial charge on any atom is -0.287 e. The van der Waals surface area contributed by atoms with E-state index in [-0.39, 0.29) is 5.78 Å². The van der Waals surface area contributed by atoms with Gasteiger partial charge in [0.15, 0.2) is 11.9 Å². The third-order valence-corrected chi connectivity index (χ3v) is 2.95. The second kappa shape index (κ2) is 6.23. The van der Waals surface area contributed by atoms with Crippen molar-refractivity contribution < 1.29 is 9.36 Å². The van der Waals surface area contributed by atoms with Gasteiger partial charge in [-0.1, -0.05) is 44.2 Å². The molecule has 0 N–H and O–H groups in total. The molecular formula is C16H19N2O+. The molecule has 0 aliphatic carbocycles. The fourth-order valence-corrected chi connectivity index (χ4v) is 2.03. The molecule has 1 aromatic heterocycles. The molecule has 0 saturated heterocycles. The van der Waals surface area contributed by atoms with Crippen molar-refractivity contribution >= 4 is 5.78 Å². The largest absolute Gasteiger partial charge is 0.287 e. The molecular weight excluding hydrogens is 236 g/mol. The summed E-state index contributed by atoms with van der Waals surface area (Å²) in [7, 11) is 0. The molecule has 0 radical (unpaired) electrons. The van der Waals surface area contributed by atoms with Crippen LogP contribution >= 0.6 is 0 Å². The summed E-state index contributed by atoms with van der Waals surface area (Å²) in [4.78, 5) is 16.4. The topological polar surface area (TPSA) is 33.8 Å². The molecule has 19 heavy (non-hydrogen) atoms. The quantitative estimate of drug-likeness (QED) is 0.607. The van der Waals surface area contributed by atoms with E-state index in [0.717, 1.165) is 17.7 Å². The average molecular weight is 255 g/mol. The SMILES string of the molecule is CC(C)Cc1cncc[n+]1CC(=O)c1ccccc1. The van der Waals surface area contributed by atoms with E-state index in [0.29, 0.717) is 12.5 Å². The fraction of sp³-hybridized carbons (Fsp3) is 0.312. The van der Waals surface area contributed by atoms with Gasteiger partial charge in [-0.2, -0.15) is 4.57 Å². The van der Waals surface area contributed by atoms with Gasteiger partial charge in [-0.15, -0.1) is 0 Å². The second-order valence-electron chi connectivity index (χ2n) is 5.08. The Morgan fingerprint density at radius 3 is 2.68 bits per heavy atom. The lowest BCUT2D eigenvalue weighted by Gasteiger charge is -2.05. The van der Waals surface area contributed by atoms with Crippen molar-refractivity contribution in [3.8, 4) is 0 Å². The zero-order valence-corrected chi connectivity index (χ0v) is 11.4. The molecule has 2 aromatic rings. The highest BCUT2D eigenvalue weighted by Gasteiger charge is 2.17. The number of hydrogen-bond donors (Lipinski definition) is 0. The summed E-state index contributed by atoms with van der Waals surface area (Å²) in [5, 5.41) is 0. The predicted molar refractivity (Wildman–Crippen MR) is 73.7 cm³/mol. The summed E-state index contributed by atoms with van der Waals surface area (Å²) in [6.45, 7) is 4.70. The van der Waals surface area contributed by atoms with Crippen LogP contribution in [0.3, 0.4) is 0 Å². The standard InChI is InChI=1S/C16H19N2O/c1-13(2)10-15-11-17-8-9-18(15)12-16(19)14-6-4-3-5-7-14/h3-9,11,13H,10,12H2,1-2H3/q+1. The Kier molecular flexibility index (Phi) is 4.39. The van der Waals surface area contributed by atoms with Crippen LogP contribution in [0, 0.1) is 5.92 Å². The Morgan fingerprint density at radius 2 is 2.00 bits per heavy atom. The lowest BCUT2D eigenvalue weighted by Crippen LogP contribution is -2.42. The Labute approximate surface area is 113 Å². The number of rotatable bonds is 5. The fourth-order valence-electron chi connectivity index (χ4n) is 2.03. The van der Waals surface area contributed by atoms with E-state index >= 15 is 0 Å². The normalized spacial score (nSPS) is 10.7. The summed E-state index contributed by atoms with van der Waals surface area (Å²) in [5.74, 6) is 0.670. The molecule has 1 heterocycles. The number of benzene rings is 1. The van der Waals surface area contributed by atoms with E-state index < -0.39 is 0 Å². The van der Waals surface area contributed by atoms with Gasteiger partial charge in [0, 0.05) is 12.0 Å². The van der Waals surface area contributed by atoms with Crippen molar-refractivity contribution in [3.63, 3.8) is 0 Å². The van der Waals surface area contributed by atoms with Crippen molar-refractivity contribution in [3.05, 3.63) is 60.2 Å². The zero-order valence-electron chi connectivity index (χ0n) is 11.4. The van der Waals surface area contributed by atoms with Crippen molar-refractivity contribution in [2.75, 3.05) is 0 Å². The van der Waals surface area contributed by atoms with Gasteiger partial charge in [0.2, 0.25) is 12.3 Å². The van der Waals surface area contributed by atoms with E-state index in [1.807, 2.05) is 47.3 Å². The maximum atomic E-state index is 12.2. The van der Waals surface area contributed by atoms with Crippen LogP contribution in [0.1, 0.15) is 29.9 Å². The van der Waals surface area contributed by atoms with Gasteiger partial charge in [-0.3, -0.25) is 9.78 Å². The van der Waals surface area contributed by atoms with Gasteiger partial charge < -0.3 is 0 Å². The molecule has 0 fully saturated rings. The van der Waals surface area contributed by atoms with E-state index in [9.17, 15) is 4.79 Å². The maximum absolute atomic E-state index is 12.2. The van der Waals surface area contributed by atoms with Gasteiger partial charge in [0.05, 0.1) is 12.4 Å². The minimum absolute atomic E-state index is 0.127. The van der Waals surface area contributed by atoms with Crippen LogP contribution in [0.4, 0.5) is 0 Å². The average Bonchev–Trinajstić information content (AvgIpc) is 2.41. The van der Waals surface area contributed by atoms with Crippen molar-refractivity contribution in [2.24, 2.45) is 5.92 Å². The number of carbonyl (C=O) groups is 1. The Balaban J connectivity index is 2.17. The van der Waals surface area contributed by atoms with E-state index in [4.69, 9.17) is 0 Å². The van der Waals surface area contributed by atoms with Gasteiger partial charge >= 0.3 is 0 Å². The second-order valence-corrected chi connectivity index (χ2v) is 5.08. The number of carbonyl (C=O) groups excluding carboxylic acids is 1. The first-order valence-electron chi connectivity index (χ1n) is 6.57. The molecule has 98 valence electrons. The van der Waals surface area contributed by atoms with Gasteiger partial charge in [0.25, 0.3) is 0 Å². The molecule has 3 nitrogen and oxygen atoms in total. The van der Waals surface area contributed by atoms with Crippen LogP contribution < -0.4 is 4.57 Å². The van der Waals surface area contributed by atoms with E-state index in [1.54, 1.807) is 6.20 Å². The zero-order chi connectivity index (χ0) is 13.7. The van der Waals surface area contributed by atoms with Crippen molar-refractivity contribution in [1.82, 2.24) is 4.98 Å². The summed E-state index contributed by atoms with van der Waals surface area (Å²) < 4.78 is 1.99. The summed E-state index contributed by atoms with van der Waals surface area (Å²) >= 11 is 0. The first kappa shape index (κ1) is 13.4. The number of nitrogens with zero attached hydrogens (tertiary/aromatic N) is 2. The maximum Gasteiger partial charge on any atom is 0.227 e. The van der Waals surface area contributed by atoms with Crippen LogP contribution in [0.25, 0.3) is 0 Å². The first-order chi connectivity index (χ1) is 9.16. The molecule has 0 unspecified atom stereocenters. The lowest BCUT2D eigenvalue weighted by molar-refractivity contribution is -0.691. The number of ketones is 1. The highest BCUT2D eigenvalue weighted by molar-refractivity contribution is 5.94. The van der Waals surface area contributed by atoms with E-state index in [2.05, 4.69) is 18.8 Å². The third kappa shape index (κ3) is 3.71. The molecule has 3 heteroatoms. The Bertz CT molecular complexity index is 550.